The van der Waals surface area contributed by atoms with Crippen LogP contribution in [0.5, 0.6) is 28.7 Å². The predicted molar refractivity (Wildman–Crippen MR) is 130 cm³/mol. The summed E-state index contributed by atoms with van der Waals surface area (Å²) >= 11 is 0. The number of benzene rings is 4. The van der Waals surface area contributed by atoms with Crippen LogP contribution in [0.3, 0.4) is 0 Å². The van der Waals surface area contributed by atoms with Crippen molar-refractivity contribution in [3.05, 3.63) is 101 Å². The molecule has 0 spiro atoms. The zero-order valence-electron chi connectivity index (χ0n) is 18.5. The molecule has 6 bridgehead atoms. The van der Waals surface area contributed by atoms with Crippen molar-refractivity contribution in [2.45, 2.75) is 25.7 Å². The van der Waals surface area contributed by atoms with Crippen molar-refractivity contribution in [2.24, 2.45) is 0 Å². The van der Waals surface area contributed by atoms with Gasteiger partial charge >= 0.3 is 0 Å². The van der Waals surface area contributed by atoms with Gasteiger partial charge in [0.25, 0.3) is 0 Å². The van der Waals surface area contributed by atoms with Gasteiger partial charge in [0.2, 0.25) is 0 Å². The maximum atomic E-state index is 10.8. The lowest BCUT2D eigenvalue weighted by Gasteiger charge is -2.15. The summed E-state index contributed by atoms with van der Waals surface area (Å²) in [6.07, 6.45) is 3.19. The summed E-state index contributed by atoms with van der Waals surface area (Å²) < 4.78 is 11.7. The molecule has 0 radical (unpaired) electrons. The van der Waals surface area contributed by atoms with Crippen molar-refractivity contribution in [2.75, 3.05) is 7.11 Å². The Morgan fingerprint density at radius 1 is 0.667 bits per heavy atom. The Morgan fingerprint density at radius 3 is 2.12 bits per heavy atom. The molecule has 166 valence electrons. The van der Waals surface area contributed by atoms with Crippen LogP contribution in [-0.4, -0.2) is 17.3 Å². The molecule has 0 fully saturated rings. The van der Waals surface area contributed by atoms with Gasteiger partial charge < -0.3 is 19.7 Å². The average Bonchev–Trinajstić information content (AvgIpc) is 2.82. The van der Waals surface area contributed by atoms with Gasteiger partial charge in [0, 0.05) is 5.56 Å². The Morgan fingerprint density at radius 2 is 1.36 bits per heavy atom. The molecule has 4 aliphatic heterocycles. The molecular formula is C29H26O4. The van der Waals surface area contributed by atoms with Gasteiger partial charge in [0.1, 0.15) is 17.2 Å². The second-order valence-electron chi connectivity index (χ2n) is 8.42. The van der Waals surface area contributed by atoms with Crippen molar-refractivity contribution < 1.29 is 19.7 Å². The lowest BCUT2D eigenvalue weighted by atomic mass is 9.93. The smallest absolute Gasteiger partial charge is 0.169 e. The lowest BCUT2D eigenvalue weighted by molar-refractivity contribution is 0.378. The fourth-order valence-corrected chi connectivity index (χ4v) is 4.37. The van der Waals surface area contributed by atoms with Gasteiger partial charge in [-0.15, -0.1) is 0 Å². The normalized spacial score (nSPS) is 13.0. The zero-order valence-corrected chi connectivity index (χ0v) is 18.5. The summed E-state index contributed by atoms with van der Waals surface area (Å²) in [6.45, 7) is 0. The Hall–Kier alpha value is -3.92. The third-order valence-electron chi connectivity index (χ3n) is 6.21. The molecule has 8 rings (SSSR count). The molecule has 0 unspecified atom stereocenters. The minimum Gasteiger partial charge on any atom is -0.508 e. The van der Waals surface area contributed by atoms with E-state index < -0.39 is 0 Å². The van der Waals surface area contributed by atoms with Gasteiger partial charge in [-0.25, -0.2) is 0 Å². The minimum absolute atomic E-state index is 0.191. The quantitative estimate of drug-likeness (QED) is 0.359. The maximum Gasteiger partial charge on any atom is 0.169 e. The van der Waals surface area contributed by atoms with Gasteiger partial charge in [-0.05, 0) is 96.0 Å². The Bertz CT molecular complexity index is 1290. The van der Waals surface area contributed by atoms with E-state index in [-0.39, 0.29) is 11.5 Å². The molecule has 0 atom stereocenters. The highest BCUT2D eigenvalue weighted by Crippen LogP contribution is 2.37. The topological polar surface area (TPSA) is 58.9 Å². The van der Waals surface area contributed by atoms with Gasteiger partial charge in [0.05, 0.1) is 7.11 Å². The van der Waals surface area contributed by atoms with Crippen molar-refractivity contribution in [1.29, 1.82) is 0 Å². The first-order valence-electron chi connectivity index (χ1n) is 11.2. The Balaban J connectivity index is 1.58. The SMILES string of the molecule is COc1ccc2cc1Oc1ccc(cc1)CCc1ccc(O)cc1-c1ccc(cc1O)CC2. The van der Waals surface area contributed by atoms with Gasteiger partial charge in [-0.2, -0.15) is 0 Å². The Kier molecular flexibility index (Phi) is 5.66. The maximum absolute atomic E-state index is 10.8. The molecule has 0 aliphatic carbocycles. The third-order valence-corrected chi connectivity index (χ3v) is 6.21. The molecule has 4 aromatic rings. The van der Waals surface area contributed by atoms with Crippen molar-refractivity contribution in [3.63, 3.8) is 0 Å². The van der Waals surface area contributed by atoms with E-state index in [1.807, 2.05) is 54.6 Å². The summed E-state index contributed by atoms with van der Waals surface area (Å²) in [5.74, 6) is 2.56. The van der Waals surface area contributed by atoms with Crippen LogP contribution in [0.15, 0.2) is 78.9 Å². The second kappa shape index (κ2) is 8.91. The Labute approximate surface area is 193 Å². The number of phenolic OH excluding ortho intramolecular Hbond substituents is 2. The first kappa shape index (κ1) is 21.0. The van der Waals surface area contributed by atoms with E-state index >= 15 is 0 Å². The van der Waals surface area contributed by atoms with Crippen LogP contribution >= 0.6 is 0 Å². The van der Waals surface area contributed by atoms with Crippen LogP contribution in [0.25, 0.3) is 11.1 Å². The molecule has 0 saturated carbocycles. The third kappa shape index (κ3) is 4.51. The highest BCUT2D eigenvalue weighted by atomic mass is 16.5. The molecule has 0 saturated heterocycles. The minimum atomic E-state index is 0.191. The molecule has 4 aliphatic rings. The second-order valence-corrected chi connectivity index (χ2v) is 8.42. The van der Waals surface area contributed by atoms with E-state index in [2.05, 4.69) is 12.1 Å². The lowest BCUT2D eigenvalue weighted by Crippen LogP contribution is -1.98. The standard InChI is InChI=1S/C29H26O4/c1-32-28-15-8-21-3-2-20-7-14-25(27(31)16-20)26-18-23(30)11-10-22(26)9-4-19-5-12-24(13-6-19)33-29(28)17-21/h5-8,10-18,30-31H,2-4,9H2,1H3. The molecule has 0 aromatic heterocycles. The van der Waals surface area contributed by atoms with E-state index in [9.17, 15) is 10.2 Å². The van der Waals surface area contributed by atoms with Crippen molar-refractivity contribution in [3.8, 4) is 39.9 Å². The molecular weight excluding hydrogens is 412 g/mol. The van der Waals surface area contributed by atoms with E-state index in [1.165, 1.54) is 5.56 Å². The van der Waals surface area contributed by atoms with Crippen molar-refractivity contribution >= 4 is 0 Å². The molecule has 4 heterocycles. The zero-order chi connectivity index (χ0) is 22.8. The number of phenols is 2. The van der Waals surface area contributed by atoms with E-state index in [0.717, 1.165) is 59.3 Å². The molecule has 4 aromatic carbocycles. The van der Waals surface area contributed by atoms with Crippen LogP contribution in [0, 0.1) is 0 Å². The number of hydrogen-bond acceptors (Lipinski definition) is 4. The number of methoxy groups -OCH3 is 1. The number of rotatable bonds is 1. The van der Waals surface area contributed by atoms with Crippen LogP contribution in [0.4, 0.5) is 0 Å². The number of aryl methyl sites for hydroxylation is 4. The highest BCUT2D eigenvalue weighted by molar-refractivity contribution is 5.74. The number of hydrogen-bond donors (Lipinski definition) is 2. The van der Waals surface area contributed by atoms with Crippen LogP contribution in [0.1, 0.15) is 22.3 Å². The monoisotopic (exact) mass is 438 g/mol. The summed E-state index contributed by atoms with van der Waals surface area (Å²) in [7, 11) is 1.64. The fourth-order valence-electron chi connectivity index (χ4n) is 4.37. The fraction of sp³-hybridized carbons (Fsp3) is 0.172. The summed E-state index contributed by atoms with van der Waals surface area (Å²) in [4.78, 5) is 0. The van der Waals surface area contributed by atoms with Crippen molar-refractivity contribution in [1.82, 2.24) is 0 Å². The first-order chi connectivity index (χ1) is 16.1. The van der Waals surface area contributed by atoms with Crippen LogP contribution in [-0.2, 0) is 25.7 Å². The molecule has 4 heteroatoms. The highest BCUT2D eigenvalue weighted by Gasteiger charge is 2.13. The largest absolute Gasteiger partial charge is 0.508 e. The van der Waals surface area contributed by atoms with Gasteiger partial charge in [0.15, 0.2) is 11.5 Å². The van der Waals surface area contributed by atoms with E-state index in [0.29, 0.717) is 11.5 Å². The summed E-state index contributed by atoms with van der Waals surface area (Å²) in [5, 5.41) is 21.0. The first-order valence-corrected chi connectivity index (χ1v) is 11.2. The molecule has 2 N–H and O–H groups in total. The van der Waals surface area contributed by atoms with E-state index in [4.69, 9.17) is 9.47 Å². The predicted octanol–water partition coefficient (Wildman–Crippen LogP) is 6.45. The summed E-state index contributed by atoms with van der Waals surface area (Å²) in [5.41, 5.74) is 6.04. The number of ether oxygens (including phenoxy) is 2. The van der Waals surface area contributed by atoms with Crippen LogP contribution < -0.4 is 9.47 Å². The summed E-state index contributed by atoms with van der Waals surface area (Å²) in [6, 6.07) is 25.3. The van der Waals surface area contributed by atoms with Gasteiger partial charge in [-0.1, -0.05) is 36.4 Å². The molecule has 33 heavy (non-hydrogen) atoms. The van der Waals surface area contributed by atoms with Crippen LogP contribution in [0.2, 0.25) is 0 Å². The van der Waals surface area contributed by atoms with Gasteiger partial charge in [-0.3, -0.25) is 0 Å². The molecule has 0 amide bonds. The average molecular weight is 439 g/mol. The molecule has 4 nitrogen and oxygen atoms in total. The van der Waals surface area contributed by atoms with E-state index in [1.54, 1.807) is 19.2 Å². The number of aromatic hydroxyl groups is 2.